The highest BCUT2D eigenvalue weighted by molar-refractivity contribution is 7.21. The van der Waals surface area contributed by atoms with E-state index in [9.17, 15) is 18.4 Å². The summed E-state index contributed by atoms with van der Waals surface area (Å²) in [5.74, 6) is -1.52. The maximum absolute atomic E-state index is 13.7. The SMILES string of the molecule is CCn1cc(Cl)c(C(=O)Nc2c(C(N)=O)sc3nc(C(F)F)cc(-c4cnn(CC)c4C)c23)n1. The molecule has 0 aliphatic heterocycles. The normalized spacial score (nSPS) is 11.5. The number of aromatic nitrogens is 5. The van der Waals surface area contributed by atoms with E-state index in [4.69, 9.17) is 17.3 Å². The maximum atomic E-state index is 13.7. The van der Waals surface area contributed by atoms with Gasteiger partial charge in [0.25, 0.3) is 18.2 Å². The van der Waals surface area contributed by atoms with E-state index in [1.807, 2.05) is 13.8 Å². The highest BCUT2D eigenvalue weighted by atomic mass is 35.5. The zero-order valence-corrected chi connectivity index (χ0v) is 20.0. The Balaban J connectivity index is 1.97. The fourth-order valence-electron chi connectivity index (χ4n) is 3.65. The van der Waals surface area contributed by atoms with Crippen LogP contribution in [0.5, 0.6) is 0 Å². The Morgan fingerprint density at radius 3 is 2.56 bits per heavy atom. The van der Waals surface area contributed by atoms with Crippen LogP contribution < -0.4 is 11.1 Å². The number of carbonyl (C=O) groups is 2. The molecule has 4 aromatic rings. The Bertz CT molecular complexity index is 1430. The summed E-state index contributed by atoms with van der Waals surface area (Å²) in [6, 6.07) is 1.24. The number of aryl methyl sites for hydroxylation is 2. The van der Waals surface area contributed by atoms with E-state index >= 15 is 0 Å². The minimum Gasteiger partial charge on any atom is -0.365 e. The molecule has 0 unspecified atom stereocenters. The Morgan fingerprint density at radius 2 is 2.00 bits per heavy atom. The summed E-state index contributed by atoms with van der Waals surface area (Å²) in [5.41, 5.74) is 6.76. The van der Waals surface area contributed by atoms with E-state index in [-0.39, 0.29) is 26.1 Å². The summed E-state index contributed by atoms with van der Waals surface area (Å²) in [6.07, 6.45) is 0.205. The van der Waals surface area contributed by atoms with Gasteiger partial charge in [-0.2, -0.15) is 10.2 Å². The summed E-state index contributed by atoms with van der Waals surface area (Å²) in [6.45, 7) is 6.60. The summed E-state index contributed by atoms with van der Waals surface area (Å²) in [5, 5.41) is 11.5. The van der Waals surface area contributed by atoms with Crippen molar-refractivity contribution in [3.63, 3.8) is 0 Å². The standard InChI is InChI=1S/C21H20ClF2N7O2S/c1-4-30-8-12(22)15(29-30)20(33)28-16-14-10(11-7-26-31(5-2)9(11)3)6-13(18(23)24)27-21(14)34-17(16)19(25)32/h6-8,18H,4-5H2,1-3H3,(H2,25,32)(H,28,33). The lowest BCUT2D eigenvalue weighted by molar-refractivity contribution is 0.100. The number of carbonyl (C=O) groups excluding carboxylic acids is 2. The molecule has 0 bridgehead atoms. The fourth-order valence-corrected chi connectivity index (χ4v) is 4.90. The molecule has 0 radical (unpaired) electrons. The van der Waals surface area contributed by atoms with Crippen LogP contribution in [0.4, 0.5) is 14.5 Å². The van der Waals surface area contributed by atoms with E-state index in [1.165, 1.54) is 16.9 Å². The highest BCUT2D eigenvalue weighted by Gasteiger charge is 2.27. The first-order valence-electron chi connectivity index (χ1n) is 10.3. The number of hydrogen-bond donors (Lipinski definition) is 2. The first-order valence-corrected chi connectivity index (χ1v) is 11.5. The summed E-state index contributed by atoms with van der Waals surface area (Å²) >= 11 is 6.98. The van der Waals surface area contributed by atoms with Crippen LogP contribution in [0, 0.1) is 6.92 Å². The number of thiophene rings is 1. The molecule has 4 heterocycles. The van der Waals surface area contributed by atoms with Gasteiger partial charge in [-0.1, -0.05) is 11.6 Å². The van der Waals surface area contributed by atoms with Crippen LogP contribution in [0.2, 0.25) is 5.02 Å². The molecule has 0 atom stereocenters. The van der Waals surface area contributed by atoms with Gasteiger partial charge in [-0.05, 0) is 32.4 Å². The molecule has 13 heteroatoms. The fraction of sp³-hybridized carbons (Fsp3) is 0.286. The van der Waals surface area contributed by atoms with E-state index < -0.39 is 23.9 Å². The number of amides is 2. The number of fused-ring (bicyclic) bond motifs is 1. The van der Waals surface area contributed by atoms with Crippen molar-refractivity contribution in [1.82, 2.24) is 24.5 Å². The van der Waals surface area contributed by atoms with E-state index in [1.54, 1.807) is 17.8 Å². The van der Waals surface area contributed by atoms with Crippen LogP contribution in [-0.4, -0.2) is 36.4 Å². The van der Waals surface area contributed by atoms with Crippen molar-refractivity contribution >= 4 is 50.7 Å². The van der Waals surface area contributed by atoms with Gasteiger partial charge in [0.15, 0.2) is 5.69 Å². The number of primary amides is 1. The molecule has 0 spiro atoms. The van der Waals surface area contributed by atoms with Crippen LogP contribution in [0.1, 0.15) is 51.8 Å². The third kappa shape index (κ3) is 4.03. The molecule has 34 heavy (non-hydrogen) atoms. The van der Waals surface area contributed by atoms with Crippen molar-refractivity contribution < 1.29 is 18.4 Å². The number of alkyl halides is 2. The largest absolute Gasteiger partial charge is 0.365 e. The average Bonchev–Trinajstić information content (AvgIpc) is 3.47. The second-order valence-electron chi connectivity index (χ2n) is 7.34. The molecule has 9 nitrogen and oxygen atoms in total. The van der Waals surface area contributed by atoms with Crippen LogP contribution in [0.15, 0.2) is 18.5 Å². The molecular formula is C21H20ClF2N7O2S. The first-order chi connectivity index (χ1) is 16.2. The van der Waals surface area contributed by atoms with Crippen molar-refractivity contribution in [2.45, 2.75) is 40.3 Å². The third-order valence-corrected chi connectivity index (χ3v) is 6.69. The third-order valence-electron chi connectivity index (χ3n) is 5.32. The van der Waals surface area contributed by atoms with Crippen LogP contribution in [0.3, 0.4) is 0 Å². The number of nitrogens with one attached hydrogen (secondary N) is 1. The van der Waals surface area contributed by atoms with Crippen molar-refractivity contribution in [2.24, 2.45) is 5.73 Å². The van der Waals surface area contributed by atoms with Gasteiger partial charge in [0.05, 0.1) is 16.9 Å². The lowest BCUT2D eigenvalue weighted by Crippen LogP contribution is -2.17. The molecule has 0 aromatic carbocycles. The molecule has 3 N–H and O–H groups in total. The van der Waals surface area contributed by atoms with E-state index in [0.717, 1.165) is 17.0 Å². The maximum Gasteiger partial charge on any atom is 0.280 e. The second kappa shape index (κ2) is 9.11. The number of pyridine rings is 1. The van der Waals surface area contributed by atoms with E-state index in [0.29, 0.717) is 29.6 Å². The minimum absolute atomic E-state index is 0.0323. The van der Waals surface area contributed by atoms with Crippen LogP contribution in [0.25, 0.3) is 21.3 Å². The van der Waals surface area contributed by atoms with Gasteiger partial charge in [0, 0.05) is 35.9 Å². The minimum atomic E-state index is -2.85. The molecule has 0 fully saturated rings. The van der Waals surface area contributed by atoms with Crippen molar-refractivity contribution in [3.05, 3.63) is 45.4 Å². The number of nitrogens with two attached hydrogens (primary N) is 1. The quantitative estimate of drug-likeness (QED) is 0.377. The number of hydrogen-bond acceptors (Lipinski definition) is 6. The lowest BCUT2D eigenvalue weighted by atomic mass is 10.0. The molecular weight excluding hydrogens is 488 g/mol. The van der Waals surface area contributed by atoms with Gasteiger partial charge in [-0.15, -0.1) is 11.3 Å². The summed E-state index contributed by atoms with van der Waals surface area (Å²) in [7, 11) is 0. The lowest BCUT2D eigenvalue weighted by Gasteiger charge is -2.10. The van der Waals surface area contributed by atoms with Crippen molar-refractivity contribution in [3.8, 4) is 11.1 Å². The van der Waals surface area contributed by atoms with Gasteiger partial charge in [0.2, 0.25) is 0 Å². The van der Waals surface area contributed by atoms with Gasteiger partial charge >= 0.3 is 0 Å². The predicted octanol–water partition coefficient (Wildman–Crippen LogP) is 4.65. The number of anilines is 1. The van der Waals surface area contributed by atoms with Gasteiger partial charge in [-0.3, -0.25) is 19.0 Å². The van der Waals surface area contributed by atoms with Gasteiger partial charge < -0.3 is 11.1 Å². The molecule has 178 valence electrons. The second-order valence-corrected chi connectivity index (χ2v) is 8.75. The number of rotatable bonds is 7. The number of nitrogens with zero attached hydrogens (tertiary/aromatic N) is 5. The van der Waals surface area contributed by atoms with Crippen molar-refractivity contribution in [1.29, 1.82) is 0 Å². The molecule has 0 saturated heterocycles. The summed E-state index contributed by atoms with van der Waals surface area (Å²) < 4.78 is 30.5. The summed E-state index contributed by atoms with van der Waals surface area (Å²) in [4.78, 5) is 29.4. The molecule has 4 aromatic heterocycles. The van der Waals surface area contributed by atoms with Gasteiger partial charge in [-0.25, -0.2) is 13.8 Å². The Hall–Kier alpha value is -3.38. The molecule has 0 saturated carbocycles. The smallest absolute Gasteiger partial charge is 0.280 e. The van der Waals surface area contributed by atoms with Crippen molar-refractivity contribution in [2.75, 3.05) is 5.32 Å². The monoisotopic (exact) mass is 507 g/mol. The Kier molecular flexibility index (Phi) is 6.36. The first kappa shape index (κ1) is 23.8. The number of halogens is 3. The van der Waals surface area contributed by atoms with Crippen LogP contribution in [-0.2, 0) is 13.1 Å². The Morgan fingerprint density at radius 1 is 1.26 bits per heavy atom. The van der Waals surface area contributed by atoms with Crippen LogP contribution >= 0.6 is 22.9 Å². The zero-order chi connectivity index (χ0) is 24.7. The molecule has 0 aliphatic rings. The highest BCUT2D eigenvalue weighted by Crippen LogP contribution is 2.43. The molecule has 2 amide bonds. The van der Waals surface area contributed by atoms with E-state index in [2.05, 4.69) is 20.5 Å². The molecule has 0 aliphatic carbocycles. The van der Waals surface area contributed by atoms with Gasteiger partial charge in [0.1, 0.15) is 15.4 Å². The topological polar surface area (TPSA) is 121 Å². The molecule has 4 rings (SSSR count). The Labute approximate surface area is 201 Å². The zero-order valence-electron chi connectivity index (χ0n) is 18.4. The predicted molar refractivity (Wildman–Crippen MR) is 126 cm³/mol. The average molecular weight is 508 g/mol.